The molecular weight excluding hydrogens is 418 g/mol. The van der Waals surface area contributed by atoms with Crippen LogP contribution in [-0.4, -0.2) is 54.2 Å². The van der Waals surface area contributed by atoms with E-state index in [1.165, 1.54) is 26.2 Å². The molecule has 1 amide bonds. The number of methoxy groups -OCH3 is 3. The first-order chi connectivity index (χ1) is 15.4. The van der Waals surface area contributed by atoms with E-state index in [1.54, 1.807) is 42.5 Å². The van der Waals surface area contributed by atoms with E-state index in [4.69, 9.17) is 14.2 Å². The summed E-state index contributed by atoms with van der Waals surface area (Å²) in [4.78, 5) is 54.0. The highest BCUT2D eigenvalue weighted by Crippen LogP contribution is 2.23. The molecule has 0 saturated carbocycles. The van der Waals surface area contributed by atoms with E-state index < -0.39 is 29.7 Å². The molecule has 0 saturated heterocycles. The summed E-state index contributed by atoms with van der Waals surface area (Å²) in [6.45, 7) is -0.909. The van der Waals surface area contributed by atoms with Gasteiger partial charge in [-0.05, 0) is 29.8 Å². The van der Waals surface area contributed by atoms with Gasteiger partial charge in [-0.15, -0.1) is 0 Å². The van der Waals surface area contributed by atoms with Crippen molar-refractivity contribution in [1.82, 2.24) is 14.5 Å². The van der Waals surface area contributed by atoms with E-state index in [0.717, 1.165) is 4.57 Å². The molecule has 1 N–H and O–H groups in total. The van der Waals surface area contributed by atoms with Crippen LogP contribution in [0.25, 0.3) is 10.9 Å². The summed E-state index contributed by atoms with van der Waals surface area (Å²) in [5.41, 5.74) is -0.318. The third-order valence-electron chi connectivity index (χ3n) is 4.87. The van der Waals surface area contributed by atoms with Crippen LogP contribution < -0.4 is 20.7 Å². The number of nitrogens with one attached hydrogen (secondary N) is 1. The molecule has 0 unspecified atom stereocenters. The largest absolute Gasteiger partial charge is 0.497 e. The Labute approximate surface area is 182 Å². The van der Waals surface area contributed by atoms with Gasteiger partial charge in [0, 0.05) is 12.6 Å². The van der Waals surface area contributed by atoms with Gasteiger partial charge in [-0.1, -0.05) is 12.1 Å². The fraction of sp³-hybridized carbons (Fsp3) is 0.273. The lowest BCUT2D eigenvalue weighted by Crippen LogP contribution is -2.43. The van der Waals surface area contributed by atoms with Crippen LogP contribution in [0.5, 0.6) is 11.5 Å². The fourth-order valence-corrected chi connectivity index (χ4v) is 3.21. The summed E-state index contributed by atoms with van der Waals surface area (Å²) in [5.74, 6) is -0.243. The number of para-hydroxylation sites is 1. The molecule has 32 heavy (non-hydrogen) atoms. The minimum atomic E-state index is -0.719. The van der Waals surface area contributed by atoms with Crippen LogP contribution in [0.4, 0.5) is 0 Å². The molecule has 3 aromatic rings. The first-order valence-corrected chi connectivity index (χ1v) is 9.64. The van der Waals surface area contributed by atoms with Gasteiger partial charge in [0.1, 0.15) is 24.6 Å². The minimum absolute atomic E-state index is 0.00172. The summed E-state index contributed by atoms with van der Waals surface area (Å²) in [6.07, 6.45) is 0. The number of aromatic nitrogens is 2. The molecule has 1 aromatic heterocycles. The summed E-state index contributed by atoms with van der Waals surface area (Å²) in [6, 6.07) is 11.6. The summed E-state index contributed by atoms with van der Waals surface area (Å²) in [5, 5.41) is 0.275. The summed E-state index contributed by atoms with van der Waals surface area (Å²) in [7, 11) is 4.20. The number of esters is 1. The zero-order valence-corrected chi connectivity index (χ0v) is 17.9. The number of ether oxygens (including phenoxy) is 3. The van der Waals surface area contributed by atoms with Crippen molar-refractivity contribution in [1.29, 1.82) is 0 Å². The van der Waals surface area contributed by atoms with Gasteiger partial charge < -0.3 is 24.1 Å². The number of fused-ring (bicyclic) bond motifs is 1. The Balaban J connectivity index is 1.94. The monoisotopic (exact) mass is 441 g/mol. The molecule has 0 aliphatic heterocycles. The van der Waals surface area contributed by atoms with Crippen molar-refractivity contribution in [3.8, 4) is 11.5 Å². The van der Waals surface area contributed by atoms with E-state index >= 15 is 0 Å². The van der Waals surface area contributed by atoms with Crippen molar-refractivity contribution in [3.05, 3.63) is 68.9 Å². The number of benzene rings is 2. The third kappa shape index (κ3) is 4.97. The standard InChI is InChI=1S/C22H23N3O7/c1-30-15-8-14(9-16(10-15)31-2)11-24(13-20(27)32-3)19(26)12-25-21(28)17-6-4-5-7-18(17)23-22(25)29/h4-10H,11-13H2,1-3H3,(H,23,29). The Kier molecular flexibility index (Phi) is 6.93. The smallest absolute Gasteiger partial charge is 0.329 e. The molecule has 0 aliphatic carbocycles. The van der Waals surface area contributed by atoms with Crippen LogP contribution in [0.3, 0.4) is 0 Å². The molecule has 168 valence electrons. The normalized spacial score (nSPS) is 10.6. The quantitative estimate of drug-likeness (QED) is 0.516. The number of carbonyl (C=O) groups is 2. The van der Waals surface area contributed by atoms with Crippen molar-refractivity contribution < 1.29 is 23.8 Å². The van der Waals surface area contributed by atoms with Crippen molar-refractivity contribution >= 4 is 22.8 Å². The maximum atomic E-state index is 13.1. The summed E-state index contributed by atoms with van der Waals surface area (Å²) < 4.78 is 16.0. The van der Waals surface area contributed by atoms with Gasteiger partial charge in [-0.2, -0.15) is 0 Å². The Morgan fingerprint density at radius 3 is 2.28 bits per heavy atom. The average molecular weight is 441 g/mol. The number of hydrogen-bond acceptors (Lipinski definition) is 7. The van der Waals surface area contributed by atoms with Crippen molar-refractivity contribution in [3.63, 3.8) is 0 Å². The van der Waals surface area contributed by atoms with Crippen molar-refractivity contribution in [2.24, 2.45) is 0 Å². The number of rotatable bonds is 8. The highest BCUT2D eigenvalue weighted by Gasteiger charge is 2.21. The molecule has 3 rings (SSSR count). The number of aromatic amines is 1. The van der Waals surface area contributed by atoms with Crippen molar-refractivity contribution in [2.45, 2.75) is 13.1 Å². The maximum absolute atomic E-state index is 13.1. The topological polar surface area (TPSA) is 120 Å². The van der Waals surface area contributed by atoms with Gasteiger partial charge in [0.25, 0.3) is 5.56 Å². The number of carbonyl (C=O) groups excluding carboxylic acids is 2. The van der Waals surface area contributed by atoms with Crippen LogP contribution in [-0.2, 0) is 27.4 Å². The Morgan fingerprint density at radius 1 is 1.00 bits per heavy atom. The van der Waals surface area contributed by atoms with Crippen LogP contribution in [0.2, 0.25) is 0 Å². The van der Waals surface area contributed by atoms with Gasteiger partial charge in [-0.25, -0.2) is 4.79 Å². The minimum Gasteiger partial charge on any atom is -0.497 e. The van der Waals surface area contributed by atoms with Crippen LogP contribution in [0.1, 0.15) is 5.56 Å². The molecule has 0 atom stereocenters. The summed E-state index contributed by atoms with van der Waals surface area (Å²) >= 11 is 0. The van der Waals surface area contributed by atoms with E-state index in [0.29, 0.717) is 22.6 Å². The van der Waals surface area contributed by atoms with E-state index in [9.17, 15) is 19.2 Å². The second-order valence-electron chi connectivity index (χ2n) is 6.91. The van der Waals surface area contributed by atoms with Gasteiger partial charge in [0.15, 0.2) is 0 Å². The van der Waals surface area contributed by atoms with E-state index in [2.05, 4.69) is 4.98 Å². The lowest BCUT2D eigenvalue weighted by molar-refractivity contribution is -0.147. The second-order valence-corrected chi connectivity index (χ2v) is 6.91. The molecule has 10 nitrogen and oxygen atoms in total. The fourth-order valence-electron chi connectivity index (χ4n) is 3.21. The highest BCUT2D eigenvalue weighted by atomic mass is 16.5. The Morgan fingerprint density at radius 2 is 1.66 bits per heavy atom. The van der Waals surface area contributed by atoms with Crippen LogP contribution in [0.15, 0.2) is 52.1 Å². The lowest BCUT2D eigenvalue weighted by atomic mass is 10.2. The predicted octanol–water partition coefficient (Wildman–Crippen LogP) is 0.909. The molecule has 0 aliphatic rings. The Bertz CT molecular complexity index is 1240. The third-order valence-corrected chi connectivity index (χ3v) is 4.87. The molecule has 0 fully saturated rings. The van der Waals surface area contributed by atoms with Gasteiger partial charge in [0.2, 0.25) is 5.91 Å². The molecule has 1 heterocycles. The molecule has 0 radical (unpaired) electrons. The number of hydrogen-bond donors (Lipinski definition) is 1. The first kappa shape index (κ1) is 22.6. The SMILES string of the molecule is COC(=O)CN(Cc1cc(OC)cc(OC)c1)C(=O)Cn1c(=O)[nH]c2ccccc2c1=O. The van der Waals surface area contributed by atoms with Crippen LogP contribution >= 0.6 is 0 Å². The van der Waals surface area contributed by atoms with Gasteiger partial charge >= 0.3 is 11.7 Å². The second kappa shape index (κ2) is 9.82. The number of H-pyrrole nitrogens is 1. The molecular formula is C22H23N3O7. The Hall–Kier alpha value is -4.08. The van der Waals surface area contributed by atoms with Crippen LogP contribution in [0, 0.1) is 0 Å². The number of nitrogens with zero attached hydrogens (tertiary/aromatic N) is 2. The van der Waals surface area contributed by atoms with Gasteiger partial charge in [-0.3, -0.25) is 19.0 Å². The molecule has 2 aromatic carbocycles. The maximum Gasteiger partial charge on any atom is 0.329 e. The van der Waals surface area contributed by atoms with Crippen molar-refractivity contribution in [2.75, 3.05) is 27.9 Å². The number of amides is 1. The molecule has 0 spiro atoms. The van der Waals surface area contributed by atoms with E-state index in [1.807, 2.05) is 0 Å². The lowest BCUT2D eigenvalue weighted by Gasteiger charge is -2.22. The molecule has 10 heteroatoms. The van der Waals surface area contributed by atoms with E-state index in [-0.39, 0.29) is 18.5 Å². The predicted molar refractivity (Wildman–Crippen MR) is 116 cm³/mol. The zero-order valence-electron chi connectivity index (χ0n) is 17.9. The highest BCUT2D eigenvalue weighted by molar-refractivity contribution is 5.82. The zero-order chi connectivity index (χ0) is 23.3. The van der Waals surface area contributed by atoms with Gasteiger partial charge in [0.05, 0.1) is 32.2 Å². The first-order valence-electron chi connectivity index (χ1n) is 9.64. The molecule has 0 bridgehead atoms. The average Bonchev–Trinajstić information content (AvgIpc) is 2.80.